The van der Waals surface area contributed by atoms with E-state index in [0.29, 0.717) is 6.42 Å². The van der Waals surface area contributed by atoms with Crippen LogP contribution in [0.2, 0.25) is 0 Å². The van der Waals surface area contributed by atoms with E-state index in [1.54, 1.807) is 20.8 Å². The lowest BCUT2D eigenvalue weighted by molar-refractivity contribution is 0.0523. The number of amides is 1. The Morgan fingerprint density at radius 3 is 2.39 bits per heavy atom. The molecule has 2 aromatic carbocycles. The summed E-state index contributed by atoms with van der Waals surface area (Å²) in [6.07, 6.45) is 0.0673. The van der Waals surface area contributed by atoms with Crippen LogP contribution in [0, 0.1) is 0 Å². The van der Waals surface area contributed by atoms with Crippen LogP contribution < -0.4 is 11.1 Å². The number of carbonyl (C=O) groups excluding carboxylic acids is 1. The quantitative estimate of drug-likeness (QED) is 0.586. The van der Waals surface area contributed by atoms with Gasteiger partial charge in [-0.2, -0.15) is 0 Å². The Hall–Kier alpha value is -2.41. The van der Waals surface area contributed by atoms with Crippen molar-refractivity contribution in [1.82, 2.24) is 5.32 Å². The van der Waals surface area contributed by atoms with Gasteiger partial charge in [-0.1, -0.05) is 42.5 Å². The Bertz CT molecular complexity index is 799. The molecule has 28 heavy (non-hydrogen) atoms. The van der Waals surface area contributed by atoms with Gasteiger partial charge in [-0.25, -0.2) is 4.79 Å². The highest BCUT2D eigenvalue weighted by Crippen LogP contribution is 2.22. The van der Waals surface area contributed by atoms with Gasteiger partial charge >= 0.3 is 6.09 Å². The van der Waals surface area contributed by atoms with Gasteiger partial charge in [-0.15, -0.1) is 0 Å². The second-order valence-electron chi connectivity index (χ2n) is 7.78. The molecule has 1 unspecified atom stereocenters. The number of benzene rings is 2. The molecule has 0 bridgehead atoms. The second kappa shape index (κ2) is 9.68. The predicted octanol–water partition coefficient (Wildman–Crippen LogP) is 2.94. The third-order valence-corrected chi connectivity index (χ3v) is 4.34. The van der Waals surface area contributed by atoms with Gasteiger partial charge in [0.25, 0.3) is 0 Å². The lowest BCUT2D eigenvalue weighted by Gasteiger charge is -2.20. The summed E-state index contributed by atoms with van der Waals surface area (Å²) in [6.45, 7) is 5.48. The van der Waals surface area contributed by atoms with Crippen molar-refractivity contribution in [2.24, 2.45) is 5.73 Å². The molecular formula is C22H30N2O4. The van der Waals surface area contributed by atoms with Gasteiger partial charge in [0.1, 0.15) is 5.60 Å². The fourth-order valence-electron chi connectivity index (χ4n) is 3.01. The van der Waals surface area contributed by atoms with Gasteiger partial charge in [-0.05, 0) is 55.0 Å². The first-order valence-corrected chi connectivity index (χ1v) is 9.36. The van der Waals surface area contributed by atoms with Gasteiger partial charge in [0, 0.05) is 12.6 Å². The van der Waals surface area contributed by atoms with Crippen LogP contribution in [0.3, 0.4) is 0 Å². The largest absolute Gasteiger partial charge is 0.444 e. The van der Waals surface area contributed by atoms with Crippen molar-refractivity contribution in [1.29, 1.82) is 0 Å². The molecule has 0 saturated heterocycles. The summed E-state index contributed by atoms with van der Waals surface area (Å²) in [5.74, 6) is 0. The van der Waals surface area contributed by atoms with E-state index in [1.165, 1.54) is 0 Å². The molecule has 1 amide bonds. The van der Waals surface area contributed by atoms with Gasteiger partial charge in [0.15, 0.2) is 0 Å². The van der Waals surface area contributed by atoms with E-state index in [1.807, 2.05) is 42.5 Å². The molecule has 0 radical (unpaired) electrons. The highest BCUT2D eigenvalue weighted by Gasteiger charge is 2.17. The highest BCUT2D eigenvalue weighted by atomic mass is 16.6. The van der Waals surface area contributed by atoms with Crippen molar-refractivity contribution in [2.75, 3.05) is 0 Å². The minimum absolute atomic E-state index is 0.0572. The van der Waals surface area contributed by atoms with E-state index in [-0.39, 0.29) is 25.8 Å². The number of nitrogens with one attached hydrogen (secondary N) is 1. The summed E-state index contributed by atoms with van der Waals surface area (Å²) in [5.41, 5.74) is 10.1. The number of carbonyl (C=O) groups is 1. The number of hydrogen-bond acceptors (Lipinski definition) is 5. The molecule has 6 heteroatoms. The van der Waals surface area contributed by atoms with Gasteiger partial charge in [0.2, 0.25) is 0 Å². The molecule has 0 saturated carbocycles. The fourth-order valence-corrected chi connectivity index (χ4v) is 3.01. The molecule has 0 aliphatic rings. The minimum atomic E-state index is -0.571. The van der Waals surface area contributed by atoms with Crippen molar-refractivity contribution >= 4 is 6.09 Å². The average Bonchev–Trinajstić information content (AvgIpc) is 2.65. The van der Waals surface area contributed by atoms with E-state index in [9.17, 15) is 15.0 Å². The number of aliphatic hydroxyl groups excluding tert-OH is 2. The Labute approximate surface area is 166 Å². The number of rotatable bonds is 7. The summed E-state index contributed by atoms with van der Waals surface area (Å²) in [4.78, 5) is 11.9. The van der Waals surface area contributed by atoms with Crippen LogP contribution in [-0.2, 0) is 30.9 Å². The Morgan fingerprint density at radius 2 is 1.75 bits per heavy atom. The molecule has 2 rings (SSSR count). The van der Waals surface area contributed by atoms with Crippen LogP contribution in [0.25, 0.3) is 0 Å². The predicted molar refractivity (Wildman–Crippen MR) is 108 cm³/mol. The van der Waals surface area contributed by atoms with Crippen molar-refractivity contribution in [3.05, 3.63) is 70.3 Å². The molecule has 0 aliphatic heterocycles. The van der Waals surface area contributed by atoms with Crippen LogP contribution >= 0.6 is 0 Å². The zero-order valence-corrected chi connectivity index (χ0v) is 16.7. The van der Waals surface area contributed by atoms with Gasteiger partial charge < -0.3 is 26.0 Å². The average molecular weight is 386 g/mol. The third-order valence-electron chi connectivity index (χ3n) is 4.34. The molecular weight excluding hydrogens is 356 g/mol. The number of alkyl carbamates (subject to hydrolysis) is 1. The highest BCUT2D eigenvalue weighted by molar-refractivity contribution is 5.67. The lowest BCUT2D eigenvalue weighted by atomic mass is 9.94. The number of ether oxygens (including phenoxy) is 1. The van der Waals surface area contributed by atoms with Crippen molar-refractivity contribution in [2.45, 2.75) is 58.6 Å². The molecule has 1 atom stereocenters. The summed E-state index contributed by atoms with van der Waals surface area (Å²) in [5, 5.41) is 21.8. The van der Waals surface area contributed by atoms with E-state index in [0.717, 1.165) is 27.8 Å². The molecule has 0 aliphatic carbocycles. The maximum Gasteiger partial charge on any atom is 0.407 e. The molecule has 6 nitrogen and oxygen atoms in total. The first-order valence-electron chi connectivity index (χ1n) is 9.36. The SMILES string of the molecule is CC(C)(C)OC(=O)NCc1cc(CC(N)c2ccccc2CO)ccc1CO. The molecule has 2 aromatic rings. The van der Waals surface area contributed by atoms with Gasteiger partial charge in [0.05, 0.1) is 13.2 Å². The number of nitrogens with two attached hydrogens (primary N) is 1. The number of hydrogen-bond donors (Lipinski definition) is 4. The summed E-state index contributed by atoms with van der Waals surface area (Å²) >= 11 is 0. The van der Waals surface area contributed by atoms with Crippen LogP contribution in [0.15, 0.2) is 42.5 Å². The first kappa shape index (κ1) is 21.9. The van der Waals surface area contributed by atoms with Crippen LogP contribution in [0.4, 0.5) is 4.79 Å². The maximum atomic E-state index is 11.9. The molecule has 0 spiro atoms. The number of aliphatic hydroxyl groups is 2. The summed E-state index contributed by atoms with van der Waals surface area (Å²) < 4.78 is 5.25. The molecule has 0 heterocycles. The topological polar surface area (TPSA) is 105 Å². The van der Waals surface area contributed by atoms with E-state index >= 15 is 0 Å². The Kier molecular flexibility index (Phi) is 7.57. The standard InChI is InChI=1S/C22H30N2O4/c1-22(2,3)28-21(27)24-12-18-10-15(8-9-16(18)13-25)11-20(23)19-7-5-4-6-17(19)14-26/h4-10,20,25-26H,11-14,23H2,1-3H3,(H,24,27). The molecule has 5 N–H and O–H groups in total. The molecule has 0 aromatic heterocycles. The zero-order valence-electron chi connectivity index (χ0n) is 16.7. The van der Waals surface area contributed by atoms with Crippen LogP contribution in [0.5, 0.6) is 0 Å². The van der Waals surface area contributed by atoms with Crippen molar-refractivity contribution in [3.63, 3.8) is 0 Å². The Morgan fingerprint density at radius 1 is 1.07 bits per heavy atom. The van der Waals surface area contributed by atoms with E-state index < -0.39 is 11.7 Å². The second-order valence-corrected chi connectivity index (χ2v) is 7.78. The fraction of sp³-hybridized carbons (Fsp3) is 0.409. The minimum Gasteiger partial charge on any atom is -0.444 e. The maximum absolute atomic E-state index is 11.9. The molecule has 152 valence electrons. The lowest BCUT2D eigenvalue weighted by Crippen LogP contribution is -2.32. The Balaban J connectivity index is 2.12. The first-order chi connectivity index (χ1) is 13.2. The van der Waals surface area contributed by atoms with Crippen molar-refractivity contribution < 1.29 is 19.7 Å². The van der Waals surface area contributed by atoms with Gasteiger partial charge in [-0.3, -0.25) is 0 Å². The van der Waals surface area contributed by atoms with Crippen LogP contribution in [-0.4, -0.2) is 21.9 Å². The van der Waals surface area contributed by atoms with E-state index in [4.69, 9.17) is 10.5 Å². The van der Waals surface area contributed by atoms with Crippen molar-refractivity contribution in [3.8, 4) is 0 Å². The third kappa shape index (κ3) is 6.34. The summed E-state index contributed by atoms with van der Waals surface area (Å²) in [7, 11) is 0. The molecule has 0 fully saturated rings. The smallest absolute Gasteiger partial charge is 0.407 e. The monoisotopic (exact) mass is 386 g/mol. The van der Waals surface area contributed by atoms with Crippen LogP contribution in [0.1, 0.15) is 54.6 Å². The normalized spacial score (nSPS) is 12.5. The summed E-state index contributed by atoms with van der Waals surface area (Å²) in [6, 6.07) is 13.0. The van der Waals surface area contributed by atoms with E-state index in [2.05, 4.69) is 5.32 Å². The zero-order chi connectivity index (χ0) is 20.7.